The summed E-state index contributed by atoms with van der Waals surface area (Å²) in [6.45, 7) is 11.2. The van der Waals surface area contributed by atoms with Crippen molar-refractivity contribution in [2.45, 2.75) is 78.5 Å². The molecule has 0 aliphatic rings. The van der Waals surface area contributed by atoms with Crippen molar-refractivity contribution >= 4 is 23.6 Å². The molecular weight excluding hydrogens is 470 g/mol. The molecule has 0 radical (unpaired) electrons. The maximum Gasteiger partial charge on any atom is 0.408 e. The number of anilines is 1. The largest absolute Gasteiger partial charge is 0.497 e. The fraction of sp³-hybridized carbons (Fsp3) is 0.483. The average Bonchev–Trinajstić information content (AvgIpc) is 2.83. The summed E-state index contributed by atoms with van der Waals surface area (Å²) in [5.41, 5.74) is 1.50. The molecule has 0 heterocycles. The topological polar surface area (TPSA) is 97.0 Å². The third-order valence-electron chi connectivity index (χ3n) is 5.79. The zero-order valence-corrected chi connectivity index (χ0v) is 23.1. The van der Waals surface area contributed by atoms with E-state index in [9.17, 15) is 14.4 Å². The molecule has 37 heavy (non-hydrogen) atoms. The van der Waals surface area contributed by atoms with Crippen LogP contribution in [0.25, 0.3) is 0 Å². The van der Waals surface area contributed by atoms with Crippen molar-refractivity contribution in [1.82, 2.24) is 10.2 Å². The molecule has 2 aromatic rings. The number of ether oxygens (including phenoxy) is 2. The Hall–Kier alpha value is -3.55. The Morgan fingerprint density at radius 3 is 2.22 bits per heavy atom. The summed E-state index contributed by atoms with van der Waals surface area (Å²) >= 11 is 0. The standard InChI is InChI=1S/C29H41N3O5/c1-8-9-12-19-32(27(34)21(3)30-28(35)37-29(4,5)6)25(24-14-11-10-13-20(24)2)26(33)31-22-15-17-23(36-7)18-16-22/h10-11,13-18,21,25H,8-9,12,19H2,1-7H3,(H,30,35)(H,31,33). The van der Waals surface area contributed by atoms with Crippen molar-refractivity contribution in [2.24, 2.45) is 0 Å². The number of methoxy groups -OCH3 is 1. The molecule has 0 fully saturated rings. The molecule has 202 valence electrons. The van der Waals surface area contributed by atoms with Gasteiger partial charge in [0.25, 0.3) is 5.91 Å². The van der Waals surface area contributed by atoms with Crippen LogP contribution in [0.3, 0.4) is 0 Å². The number of amides is 3. The predicted octanol–water partition coefficient (Wildman–Crippen LogP) is 5.62. The van der Waals surface area contributed by atoms with Crippen LogP contribution in [0.2, 0.25) is 0 Å². The van der Waals surface area contributed by atoms with Gasteiger partial charge < -0.3 is 25.0 Å². The number of hydrogen-bond donors (Lipinski definition) is 2. The van der Waals surface area contributed by atoms with E-state index >= 15 is 0 Å². The molecule has 2 atom stereocenters. The molecule has 2 rings (SSSR count). The third kappa shape index (κ3) is 9.12. The first-order valence-electron chi connectivity index (χ1n) is 12.8. The van der Waals surface area contributed by atoms with Crippen LogP contribution in [0.4, 0.5) is 10.5 Å². The molecule has 2 N–H and O–H groups in total. The lowest BCUT2D eigenvalue weighted by atomic mass is 9.97. The van der Waals surface area contributed by atoms with Crippen molar-refractivity contribution in [1.29, 1.82) is 0 Å². The van der Waals surface area contributed by atoms with Gasteiger partial charge in [0.2, 0.25) is 5.91 Å². The molecular formula is C29H41N3O5. The monoisotopic (exact) mass is 511 g/mol. The van der Waals surface area contributed by atoms with Gasteiger partial charge in [0.05, 0.1) is 7.11 Å². The number of unbranched alkanes of at least 4 members (excludes halogenated alkanes) is 2. The van der Waals surface area contributed by atoms with Gasteiger partial charge in [-0.2, -0.15) is 0 Å². The van der Waals surface area contributed by atoms with E-state index in [2.05, 4.69) is 17.6 Å². The van der Waals surface area contributed by atoms with Crippen molar-refractivity contribution in [3.8, 4) is 5.75 Å². The lowest BCUT2D eigenvalue weighted by Gasteiger charge is -2.34. The van der Waals surface area contributed by atoms with E-state index in [0.717, 1.165) is 30.4 Å². The number of nitrogens with one attached hydrogen (secondary N) is 2. The van der Waals surface area contributed by atoms with Gasteiger partial charge in [0, 0.05) is 12.2 Å². The van der Waals surface area contributed by atoms with Gasteiger partial charge in [0.15, 0.2) is 0 Å². The molecule has 0 aromatic heterocycles. The van der Waals surface area contributed by atoms with Gasteiger partial charge in [-0.15, -0.1) is 0 Å². The second kappa shape index (κ2) is 13.7. The van der Waals surface area contributed by atoms with Gasteiger partial charge in [0.1, 0.15) is 23.4 Å². The molecule has 0 aliphatic carbocycles. The highest BCUT2D eigenvalue weighted by Crippen LogP contribution is 2.28. The summed E-state index contributed by atoms with van der Waals surface area (Å²) in [5.74, 6) is -0.0271. The van der Waals surface area contributed by atoms with Crippen LogP contribution in [0.15, 0.2) is 48.5 Å². The summed E-state index contributed by atoms with van der Waals surface area (Å²) in [4.78, 5) is 41.5. The Bertz CT molecular complexity index is 1050. The number of alkyl carbamates (subject to hydrolysis) is 1. The summed E-state index contributed by atoms with van der Waals surface area (Å²) in [5, 5.41) is 5.59. The SMILES string of the molecule is CCCCCN(C(=O)C(C)NC(=O)OC(C)(C)C)C(C(=O)Nc1ccc(OC)cc1)c1ccccc1C. The van der Waals surface area contributed by atoms with Crippen LogP contribution < -0.4 is 15.4 Å². The molecule has 8 nitrogen and oxygen atoms in total. The molecule has 2 unspecified atom stereocenters. The first-order chi connectivity index (χ1) is 17.5. The van der Waals surface area contributed by atoms with Crippen LogP contribution in [0.5, 0.6) is 5.75 Å². The van der Waals surface area contributed by atoms with E-state index in [0.29, 0.717) is 18.0 Å². The molecule has 0 aliphatic heterocycles. The first-order valence-corrected chi connectivity index (χ1v) is 12.8. The molecule has 3 amide bonds. The Kier molecular flexibility index (Phi) is 11.0. The highest BCUT2D eigenvalue weighted by molar-refractivity contribution is 5.99. The van der Waals surface area contributed by atoms with E-state index in [1.807, 2.05) is 31.2 Å². The maximum atomic E-state index is 13.8. The highest BCUT2D eigenvalue weighted by atomic mass is 16.6. The van der Waals surface area contributed by atoms with Gasteiger partial charge >= 0.3 is 6.09 Å². The van der Waals surface area contributed by atoms with E-state index in [4.69, 9.17) is 9.47 Å². The summed E-state index contributed by atoms with van der Waals surface area (Å²) in [6, 6.07) is 12.8. The zero-order valence-electron chi connectivity index (χ0n) is 23.1. The second-order valence-electron chi connectivity index (χ2n) is 10.1. The lowest BCUT2D eigenvalue weighted by molar-refractivity contribution is -0.140. The van der Waals surface area contributed by atoms with Gasteiger partial charge in [-0.05, 0) is 76.4 Å². The van der Waals surface area contributed by atoms with Crippen LogP contribution in [-0.4, -0.2) is 48.1 Å². The molecule has 8 heteroatoms. The summed E-state index contributed by atoms with van der Waals surface area (Å²) in [7, 11) is 1.58. The molecule has 0 bridgehead atoms. The zero-order chi connectivity index (χ0) is 27.6. The number of hydrogen-bond acceptors (Lipinski definition) is 5. The van der Waals surface area contributed by atoms with E-state index < -0.39 is 23.8 Å². The third-order valence-corrected chi connectivity index (χ3v) is 5.79. The fourth-order valence-electron chi connectivity index (χ4n) is 3.92. The van der Waals surface area contributed by atoms with Crippen LogP contribution in [-0.2, 0) is 14.3 Å². The number of carbonyl (C=O) groups excluding carboxylic acids is 3. The number of aryl methyl sites for hydroxylation is 1. The number of rotatable bonds is 11. The Balaban J connectivity index is 2.42. The predicted molar refractivity (Wildman–Crippen MR) is 146 cm³/mol. The van der Waals surface area contributed by atoms with Crippen LogP contribution in [0, 0.1) is 6.92 Å². The summed E-state index contributed by atoms with van der Waals surface area (Å²) in [6.07, 6.45) is 1.90. The van der Waals surface area contributed by atoms with Gasteiger partial charge in [-0.1, -0.05) is 44.0 Å². The minimum atomic E-state index is -0.893. The Morgan fingerprint density at radius 1 is 1.00 bits per heavy atom. The quantitative estimate of drug-likeness (QED) is 0.382. The van der Waals surface area contributed by atoms with Crippen LogP contribution in [0.1, 0.15) is 71.0 Å². The van der Waals surface area contributed by atoms with Crippen molar-refractivity contribution in [2.75, 3.05) is 19.0 Å². The highest BCUT2D eigenvalue weighted by Gasteiger charge is 2.35. The minimum absolute atomic E-state index is 0.339. The van der Waals surface area contributed by atoms with Gasteiger partial charge in [-0.3, -0.25) is 9.59 Å². The van der Waals surface area contributed by atoms with Crippen molar-refractivity contribution in [3.63, 3.8) is 0 Å². The Morgan fingerprint density at radius 2 is 1.65 bits per heavy atom. The maximum absolute atomic E-state index is 13.8. The molecule has 2 aromatic carbocycles. The number of benzene rings is 2. The second-order valence-corrected chi connectivity index (χ2v) is 10.1. The van der Waals surface area contributed by atoms with E-state index in [1.54, 1.807) is 64.0 Å². The van der Waals surface area contributed by atoms with E-state index in [-0.39, 0.29) is 11.8 Å². The number of nitrogens with zero attached hydrogens (tertiary/aromatic N) is 1. The Labute approximate surface area is 220 Å². The molecule has 0 spiro atoms. The first kappa shape index (κ1) is 29.7. The van der Waals surface area contributed by atoms with Crippen molar-refractivity contribution < 1.29 is 23.9 Å². The van der Waals surface area contributed by atoms with E-state index in [1.165, 1.54) is 0 Å². The fourth-order valence-corrected chi connectivity index (χ4v) is 3.92. The van der Waals surface area contributed by atoms with Crippen LogP contribution >= 0.6 is 0 Å². The number of carbonyl (C=O) groups is 3. The molecule has 0 saturated carbocycles. The minimum Gasteiger partial charge on any atom is -0.497 e. The normalized spacial score (nSPS) is 12.7. The van der Waals surface area contributed by atoms with Gasteiger partial charge in [-0.25, -0.2) is 4.79 Å². The smallest absolute Gasteiger partial charge is 0.408 e. The average molecular weight is 512 g/mol. The van der Waals surface area contributed by atoms with Crippen molar-refractivity contribution in [3.05, 3.63) is 59.7 Å². The summed E-state index contributed by atoms with van der Waals surface area (Å²) < 4.78 is 10.5. The lowest BCUT2D eigenvalue weighted by Crippen LogP contribution is -2.51. The molecule has 0 saturated heterocycles.